The van der Waals surface area contributed by atoms with Crippen molar-refractivity contribution in [3.05, 3.63) is 0 Å². The molecule has 0 saturated heterocycles. The summed E-state index contributed by atoms with van der Waals surface area (Å²) in [7, 11) is -9.90. The van der Waals surface area contributed by atoms with Crippen molar-refractivity contribution in [3.8, 4) is 0 Å². The first-order valence-corrected chi connectivity index (χ1v) is 41.7. The Labute approximate surface area is 568 Å². The molecule has 0 aliphatic heterocycles. The molecular formula is C74H144O17P2. The van der Waals surface area contributed by atoms with Crippen LogP contribution in [0.2, 0.25) is 0 Å². The molecule has 0 amide bonds. The van der Waals surface area contributed by atoms with E-state index in [1.807, 2.05) is 0 Å². The Morgan fingerprint density at radius 1 is 0.301 bits per heavy atom. The molecule has 17 nitrogen and oxygen atoms in total. The van der Waals surface area contributed by atoms with Gasteiger partial charge in [0.1, 0.15) is 19.3 Å². The molecule has 0 aromatic rings. The van der Waals surface area contributed by atoms with Crippen LogP contribution in [-0.4, -0.2) is 96.7 Å². The third-order valence-electron chi connectivity index (χ3n) is 17.6. The van der Waals surface area contributed by atoms with E-state index in [1.54, 1.807) is 0 Å². The van der Waals surface area contributed by atoms with Crippen LogP contribution in [-0.2, 0) is 65.4 Å². The zero-order chi connectivity index (χ0) is 68.4. The SMILES string of the molecule is CCCCCCCCCCCCCCCCCCCCCCCC(=O)O[C@H](COC(=O)CCCCCCCCCCCCC(C)CC)COP(=O)(O)OC[C@@H](O)COP(=O)(O)OC[C@@H](COC(=O)CCCCCCCCC)OC(=O)CCCCCCCCCCCCC. The van der Waals surface area contributed by atoms with E-state index < -0.39 is 97.5 Å². The van der Waals surface area contributed by atoms with E-state index in [1.165, 1.54) is 199 Å². The summed E-state index contributed by atoms with van der Waals surface area (Å²) in [5.41, 5.74) is 0. The van der Waals surface area contributed by atoms with Crippen molar-refractivity contribution in [2.75, 3.05) is 39.6 Å². The van der Waals surface area contributed by atoms with Crippen molar-refractivity contribution in [1.82, 2.24) is 0 Å². The van der Waals surface area contributed by atoms with Gasteiger partial charge < -0.3 is 33.8 Å². The highest BCUT2D eigenvalue weighted by Crippen LogP contribution is 2.45. The second kappa shape index (κ2) is 67.3. The van der Waals surface area contributed by atoms with Gasteiger partial charge in [-0.1, -0.05) is 336 Å². The van der Waals surface area contributed by atoms with Crippen LogP contribution in [0.3, 0.4) is 0 Å². The maximum atomic E-state index is 13.1. The highest BCUT2D eigenvalue weighted by Gasteiger charge is 2.30. The number of phosphoric ester groups is 2. The smallest absolute Gasteiger partial charge is 0.462 e. The zero-order valence-corrected chi connectivity index (χ0v) is 62.2. The summed E-state index contributed by atoms with van der Waals surface area (Å²) in [6.07, 6.45) is 55.6. The third kappa shape index (κ3) is 67.0. The van der Waals surface area contributed by atoms with E-state index in [0.717, 1.165) is 109 Å². The van der Waals surface area contributed by atoms with Gasteiger partial charge in [-0.3, -0.25) is 37.3 Å². The Morgan fingerprint density at radius 2 is 0.516 bits per heavy atom. The maximum absolute atomic E-state index is 13.1. The number of esters is 4. The normalized spacial score (nSPS) is 14.3. The summed E-state index contributed by atoms with van der Waals surface area (Å²) < 4.78 is 68.3. The van der Waals surface area contributed by atoms with E-state index in [-0.39, 0.29) is 25.7 Å². The molecule has 552 valence electrons. The standard InChI is InChI=1S/C74H144O17P2/c1-6-10-13-16-19-21-23-24-25-26-27-28-29-30-31-32-34-40-45-50-55-60-74(79)91-70(64-85-72(77)58-53-48-43-38-36-35-37-42-46-51-56-67(5)9-4)66-89-93(82,83)87-62-68(75)61-86-92(80,81)88-65-69(63-84-71(76)57-52-47-41-18-15-12-8-3)90-73(78)59-54-49-44-39-33-22-20-17-14-11-7-2/h67-70,75H,6-66H2,1-5H3,(H,80,81)(H,82,83)/t67?,68-,69+,70+/m0/s1. The largest absolute Gasteiger partial charge is 0.472 e. The van der Waals surface area contributed by atoms with Crippen LogP contribution in [0.1, 0.15) is 388 Å². The van der Waals surface area contributed by atoms with E-state index in [0.29, 0.717) is 25.7 Å². The molecular weight excluding hydrogens is 1220 g/mol. The third-order valence-corrected chi connectivity index (χ3v) is 19.5. The predicted molar refractivity (Wildman–Crippen MR) is 377 cm³/mol. The van der Waals surface area contributed by atoms with Crippen LogP contribution in [0.5, 0.6) is 0 Å². The molecule has 0 heterocycles. The van der Waals surface area contributed by atoms with Crippen LogP contribution in [0.25, 0.3) is 0 Å². The fourth-order valence-corrected chi connectivity index (χ4v) is 12.9. The van der Waals surface area contributed by atoms with Crippen LogP contribution in [0.4, 0.5) is 0 Å². The van der Waals surface area contributed by atoms with Crippen LogP contribution in [0, 0.1) is 5.92 Å². The van der Waals surface area contributed by atoms with Gasteiger partial charge in [0.15, 0.2) is 12.2 Å². The number of unbranched alkanes of at least 4 members (excludes halogenated alkanes) is 45. The van der Waals surface area contributed by atoms with E-state index in [4.69, 9.17) is 37.0 Å². The lowest BCUT2D eigenvalue weighted by Crippen LogP contribution is -2.30. The van der Waals surface area contributed by atoms with Gasteiger partial charge in [-0.25, -0.2) is 9.13 Å². The fourth-order valence-electron chi connectivity index (χ4n) is 11.3. The van der Waals surface area contributed by atoms with Gasteiger partial charge in [0.25, 0.3) is 0 Å². The molecule has 6 atom stereocenters. The van der Waals surface area contributed by atoms with Crippen molar-refractivity contribution in [3.63, 3.8) is 0 Å². The molecule has 0 bridgehead atoms. The summed E-state index contributed by atoms with van der Waals surface area (Å²) in [4.78, 5) is 72.5. The number of hydrogen-bond acceptors (Lipinski definition) is 15. The van der Waals surface area contributed by atoms with Gasteiger partial charge in [0.05, 0.1) is 26.4 Å². The van der Waals surface area contributed by atoms with E-state index in [2.05, 4.69) is 34.6 Å². The monoisotopic (exact) mass is 1370 g/mol. The molecule has 3 N–H and O–H groups in total. The number of ether oxygens (including phenoxy) is 4. The second-order valence-corrected chi connectivity index (χ2v) is 29.8. The van der Waals surface area contributed by atoms with Crippen molar-refractivity contribution < 1.29 is 80.2 Å². The van der Waals surface area contributed by atoms with Gasteiger partial charge in [-0.2, -0.15) is 0 Å². The lowest BCUT2D eigenvalue weighted by Gasteiger charge is -2.21. The first-order valence-electron chi connectivity index (χ1n) is 38.7. The molecule has 19 heteroatoms. The molecule has 0 fully saturated rings. The van der Waals surface area contributed by atoms with Crippen LogP contribution in [0.15, 0.2) is 0 Å². The Kier molecular flexibility index (Phi) is 65.9. The number of carbonyl (C=O) groups excluding carboxylic acids is 4. The summed E-state index contributed by atoms with van der Waals surface area (Å²) >= 11 is 0. The van der Waals surface area contributed by atoms with E-state index >= 15 is 0 Å². The molecule has 0 radical (unpaired) electrons. The maximum Gasteiger partial charge on any atom is 0.472 e. The number of hydrogen-bond donors (Lipinski definition) is 3. The average Bonchev–Trinajstić information content (AvgIpc) is 2.91. The van der Waals surface area contributed by atoms with Gasteiger partial charge in [0, 0.05) is 25.7 Å². The summed E-state index contributed by atoms with van der Waals surface area (Å²) in [5, 5.41) is 10.6. The Balaban J connectivity index is 5.16. The Hall–Kier alpha value is -1.94. The van der Waals surface area contributed by atoms with Crippen LogP contribution < -0.4 is 0 Å². The number of aliphatic hydroxyl groups excluding tert-OH is 1. The van der Waals surface area contributed by atoms with Crippen molar-refractivity contribution in [1.29, 1.82) is 0 Å². The number of aliphatic hydroxyl groups is 1. The molecule has 0 rings (SSSR count). The highest BCUT2D eigenvalue weighted by atomic mass is 31.2. The molecule has 0 saturated carbocycles. The van der Waals surface area contributed by atoms with Crippen molar-refractivity contribution >= 4 is 39.5 Å². The highest BCUT2D eigenvalue weighted by molar-refractivity contribution is 7.47. The van der Waals surface area contributed by atoms with Gasteiger partial charge >= 0.3 is 39.5 Å². The fraction of sp³-hybridized carbons (Fsp3) is 0.946. The number of rotatable bonds is 74. The first-order chi connectivity index (χ1) is 45.1. The minimum Gasteiger partial charge on any atom is -0.462 e. The zero-order valence-electron chi connectivity index (χ0n) is 60.4. The van der Waals surface area contributed by atoms with Crippen LogP contribution >= 0.6 is 15.6 Å². The lowest BCUT2D eigenvalue weighted by molar-refractivity contribution is -0.161. The Morgan fingerprint density at radius 3 is 0.763 bits per heavy atom. The topological polar surface area (TPSA) is 237 Å². The molecule has 0 aliphatic carbocycles. The molecule has 0 aliphatic rings. The summed E-state index contributed by atoms with van der Waals surface area (Å²) in [6, 6.07) is 0. The number of carbonyl (C=O) groups is 4. The Bertz CT molecular complexity index is 1790. The minimum absolute atomic E-state index is 0.107. The number of phosphoric acid groups is 2. The van der Waals surface area contributed by atoms with Gasteiger partial charge in [0.2, 0.25) is 0 Å². The van der Waals surface area contributed by atoms with Gasteiger partial charge in [-0.05, 0) is 31.6 Å². The molecule has 0 aromatic carbocycles. The van der Waals surface area contributed by atoms with Crippen molar-refractivity contribution in [2.24, 2.45) is 5.92 Å². The first kappa shape index (κ1) is 91.1. The second-order valence-electron chi connectivity index (χ2n) is 26.9. The summed E-state index contributed by atoms with van der Waals surface area (Å²) in [5.74, 6) is -1.31. The quantitative estimate of drug-likeness (QED) is 0.0222. The molecule has 0 spiro atoms. The summed E-state index contributed by atoms with van der Waals surface area (Å²) in [6.45, 7) is 7.26. The minimum atomic E-state index is -4.95. The molecule has 3 unspecified atom stereocenters. The van der Waals surface area contributed by atoms with Gasteiger partial charge in [-0.15, -0.1) is 0 Å². The van der Waals surface area contributed by atoms with Crippen molar-refractivity contribution in [2.45, 2.75) is 406 Å². The molecule has 93 heavy (non-hydrogen) atoms. The molecule has 0 aromatic heterocycles. The predicted octanol–water partition coefficient (Wildman–Crippen LogP) is 21.7. The average molecular weight is 1370 g/mol. The van der Waals surface area contributed by atoms with E-state index in [9.17, 15) is 43.2 Å². The lowest BCUT2D eigenvalue weighted by atomic mass is 9.99.